The van der Waals surface area contributed by atoms with Crippen LogP contribution in [0.4, 0.5) is 0 Å². The van der Waals surface area contributed by atoms with Gasteiger partial charge in [-0.2, -0.15) is 5.10 Å². The van der Waals surface area contributed by atoms with E-state index in [-0.39, 0.29) is 5.91 Å². The van der Waals surface area contributed by atoms with Crippen LogP contribution in [0, 0.1) is 0 Å². The second-order valence-corrected chi connectivity index (χ2v) is 8.27. The Morgan fingerprint density at radius 3 is 2.22 bits per heavy atom. The number of carbonyl (C=O) groups excluding carboxylic acids is 2. The van der Waals surface area contributed by atoms with Gasteiger partial charge >= 0.3 is 5.97 Å². The predicted molar refractivity (Wildman–Crippen MR) is 142 cm³/mol. The fraction of sp³-hybridized carbons (Fsp3) is 0.0690. The van der Waals surface area contributed by atoms with Crippen molar-refractivity contribution in [3.05, 3.63) is 124 Å². The highest BCUT2D eigenvalue weighted by molar-refractivity contribution is 6.30. The van der Waals surface area contributed by atoms with Gasteiger partial charge in [0.05, 0.1) is 18.9 Å². The number of hydrogen-bond acceptors (Lipinski definition) is 6. The molecule has 0 bridgehead atoms. The second kappa shape index (κ2) is 12.4. The van der Waals surface area contributed by atoms with Crippen LogP contribution in [0.3, 0.4) is 0 Å². The van der Waals surface area contributed by atoms with Gasteiger partial charge in [-0.15, -0.1) is 0 Å². The van der Waals surface area contributed by atoms with Gasteiger partial charge in [-0.05, 0) is 83.9 Å². The zero-order chi connectivity index (χ0) is 26.0. The van der Waals surface area contributed by atoms with Gasteiger partial charge in [0, 0.05) is 10.6 Å². The molecule has 0 aliphatic heterocycles. The van der Waals surface area contributed by atoms with Gasteiger partial charge in [0.15, 0.2) is 0 Å². The quantitative estimate of drug-likeness (QED) is 0.130. The van der Waals surface area contributed by atoms with Gasteiger partial charge in [-0.1, -0.05) is 35.9 Å². The number of halogens is 1. The summed E-state index contributed by atoms with van der Waals surface area (Å²) in [6.07, 6.45) is 1.46. The van der Waals surface area contributed by atoms with E-state index in [0.29, 0.717) is 45.6 Å². The highest BCUT2D eigenvalue weighted by atomic mass is 35.5. The molecule has 0 spiro atoms. The molecule has 0 aromatic heterocycles. The maximum atomic E-state index is 12.4. The summed E-state index contributed by atoms with van der Waals surface area (Å²) in [6, 6.07) is 27.6. The lowest BCUT2D eigenvalue weighted by Crippen LogP contribution is -2.17. The van der Waals surface area contributed by atoms with E-state index in [4.69, 9.17) is 25.8 Å². The number of hydrogen-bond donors (Lipinski definition) is 1. The molecular weight excluding hydrogens is 492 g/mol. The Morgan fingerprint density at radius 2 is 1.51 bits per heavy atom. The number of esters is 1. The van der Waals surface area contributed by atoms with E-state index in [2.05, 4.69) is 10.5 Å². The second-order valence-electron chi connectivity index (χ2n) is 7.83. The van der Waals surface area contributed by atoms with E-state index in [1.807, 2.05) is 12.1 Å². The first-order valence-electron chi connectivity index (χ1n) is 11.3. The van der Waals surface area contributed by atoms with Crippen LogP contribution in [0.1, 0.15) is 31.8 Å². The Bertz CT molecular complexity index is 1390. The van der Waals surface area contributed by atoms with Gasteiger partial charge in [-0.3, -0.25) is 4.79 Å². The first-order chi connectivity index (χ1) is 18.0. The minimum atomic E-state index is -0.495. The maximum absolute atomic E-state index is 12.4. The summed E-state index contributed by atoms with van der Waals surface area (Å²) < 4.78 is 16.3. The third kappa shape index (κ3) is 7.43. The molecule has 0 saturated heterocycles. The van der Waals surface area contributed by atoms with Crippen LogP contribution in [0.25, 0.3) is 0 Å². The lowest BCUT2D eigenvalue weighted by Gasteiger charge is -2.07. The molecule has 0 unspecified atom stereocenters. The standard InChI is InChI=1S/C29H23ClN2O5/c1-35-25-13-9-23(10-14-25)29(34)37-27-4-2-3-21(17-27)18-31-32-28(33)22-7-15-26(16-8-22)36-19-20-5-11-24(30)12-6-20/h2-18H,19H2,1H3,(H,32,33). The topological polar surface area (TPSA) is 86.2 Å². The van der Waals surface area contributed by atoms with Crippen LogP contribution < -0.4 is 19.6 Å². The van der Waals surface area contributed by atoms with Crippen molar-refractivity contribution < 1.29 is 23.8 Å². The van der Waals surface area contributed by atoms with Crippen LogP contribution in [0.5, 0.6) is 17.2 Å². The molecule has 186 valence electrons. The van der Waals surface area contributed by atoms with Crippen molar-refractivity contribution in [3.63, 3.8) is 0 Å². The molecule has 0 saturated carbocycles. The SMILES string of the molecule is COc1ccc(C(=O)Oc2cccc(C=NNC(=O)c3ccc(OCc4ccc(Cl)cc4)cc3)c2)cc1. The molecule has 1 N–H and O–H groups in total. The number of nitrogens with zero attached hydrogens (tertiary/aromatic N) is 1. The summed E-state index contributed by atoms with van der Waals surface area (Å²) >= 11 is 5.89. The van der Waals surface area contributed by atoms with Gasteiger partial charge in [0.25, 0.3) is 5.91 Å². The Morgan fingerprint density at radius 1 is 0.838 bits per heavy atom. The summed E-state index contributed by atoms with van der Waals surface area (Å²) in [6.45, 7) is 0.390. The van der Waals surface area contributed by atoms with Gasteiger partial charge in [-0.25, -0.2) is 10.2 Å². The molecule has 0 heterocycles. The molecule has 8 heteroatoms. The summed E-state index contributed by atoms with van der Waals surface area (Å²) in [5.74, 6) is 0.768. The van der Waals surface area contributed by atoms with Crippen LogP contribution in [0.15, 0.2) is 102 Å². The smallest absolute Gasteiger partial charge is 0.343 e. The molecule has 7 nitrogen and oxygen atoms in total. The third-order valence-electron chi connectivity index (χ3n) is 5.21. The highest BCUT2D eigenvalue weighted by Gasteiger charge is 2.09. The largest absolute Gasteiger partial charge is 0.497 e. The van der Waals surface area contributed by atoms with Crippen LogP contribution in [-0.4, -0.2) is 25.2 Å². The van der Waals surface area contributed by atoms with Crippen molar-refractivity contribution >= 4 is 29.7 Å². The number of nitrogens with one attached hydrogen (secondary N) is 1. The summed E-state index contributed by atoms with van der Waals surface area (Å²) in [4.78, 5) is 24.8. The molecule has 4 aromatic rings. The van der Waals surface area contributed by atoms with E-state index in [0.717, 1.165) is 5.56 Å². The monoisotopic (exact) mass is 514 g/mol. The van der Waals surface area contributed by atoms with Crippen molar-refractivity contribution in [2.24, 2.45) is 5.10 Å². The molecule has 4 aromatic carbocycles. The zero-order valence-electron chi connectivity index (χ0n) is 19.9. The van der Waals surface area contributed by atoms with Crippen molar-refractivity contribution in [2.45, 2.75) is 6.61 Å². The molecule has 0 atom stereocenters. The van der Waals surface area contributed by atoms with Crippen molar-refractivity contribution in [3.8, 4) is 17.2 Å². The normalized spacial score (nSPS) is 10.6. The van der Waals surface area contributed by atoms with Crippen molar-refractivity contribution in [1.29, 1.82) is 0 Å². The van der Waals surface area contributed by atoms with Gasteiger partial charge in [0.1, 0.15) is 23.9 Å². The Hall–Kier alpha value is -4.62. The number of methoxy groups -OCH3 is 1. The summed E-state index contributed by atoms with van der Waals surface area (Å²) in [7, 11) is 1.55. The van der Waals surface area contributed by atoms with Gasteiger partial charge < -0.3 is 14.2 Å². The molecule has 4 rings (SSSR count). The minimum Gasteiger partial charge on any atom is -0.497 e. The summed E-state index contributed by atoms with van der Waals surface area (Å²) in [5, 5.41) is 4.67. The fourth-order valence-electron chi connectivity index (χ4n) is 3.23. The first-order valence-corrected chi connectivity index (χ1v) is 11.6. The molecule has 0 fully saturated rings. The highest BCUT2D eigenvalue weighted by Crippen LogP contribution is 2.18. The summed E-state index contributed by atoms with van der Waals surface area (Å²) in [5.41, 5.74) is 4.94. The van der Waals surface area contributed by atoms with Crippen LogP contribution >= 0.6 is 11.6 Å². The number of ether oxygens (including phenoxy) is 3. The van der Waals surface area contributed by atoms with E-state index >= 15 is 0 Å². The fourth-order valence-corrected chi connectivity index (χ4v) is 3.36. The molecule has 0 radical (unpaired) electrons. The molecule has 0 aliphatic rings. The van der Waals surface area contributed by atoms with Crippen LogP contribution in [-0.2, 0) is 6.61 Å². The zero-order valence-corrected chi connectivity index (χ0v) is 20.6. The lowest BCUT2D eigenvalue weighted by atomic mass is 10.2. The predicted octanol–water partition coefficient (Wildman–Crippen LogP) is 5.91. The van der Waals surface area contributed by atoms with Crippen molar-refractivity contribution in [2.75, 3.05) is 7.11 Å². The molecule has 0 aliphatic carbocycles. The number of rotatable bonds is 9. The van der Waals surface area contributed by atoms with Crippen molar-refractivity contribution in [1.82, 2.24) is 5.43 Å². The minimum absolute atomic E-state index is 0.352. The number of amides is 1. The van der Waals surface area contributed by atoms with Gasteiger partial charge in [0.2, 0.25) is 0 Å². The number of benzene rings is 4. The van der Waals surface area contributed by atoms with E-state index in [9.17, 15) is 9.59 Å². The van der Waals surface area contributed by atoms with E-state index < -0.39 is 5.97 Å². The number of carbonyl (C=O) groups is 2. The van der Waals surface area contributed by atoms with E-state index in [1.54, 1.807) is 92.0 Å². The first kappa shape index (κ1) is 25.5. The third-order valence-corrected chi connectivity index (χ3v) is 5.46. The average Bonchev–Trinajstić information content (AvgIpc) is 2.93. The van der Waals surface area contributed by atoms with E-state index in [1.165, 1.54) is 6.21 Å². The Balaban J connectivity index is 1.28. The molecule has 1 amide bonds. The van der Waals surface area contributed by atoms with Crippen LogP contribution in [0.2, 0.25) is 5.02 Å². The average molecular weight is 515 g/mol. The molecule has 37 heavy (non-hydrogen) atoms. The number of hydrazone groups is 1. The maximum Gasteiger partial charge on any atom is 0.343 e. The molecular formula is C29H23ClN2O5. The Labute approximate surface area is 219 Å². The Kier molecular flexibility index (Phi) is 8.52. The lowest BCUT2D eigenvalue weighted by molar-refractivity contribution is 0.0734.